The second kappa shape index (κ2) is 5.81. The van der Waals surface area contributed by atoms with Gasteiger partial charge in [-0.2, -0.15) is 0 Å². The van der Waals surface area contributed by atoms with Gasteiger partial charge < -0.3 is 4.74 Å². The van der Waals surface area contributed by atoms with Gasteiger partial charge in [-0.15, -0.1) is 0 Å². The second-order valence-corrected chi connectivity index (χ2v) is 4.77. The summed E-state index contributed by atoms with van der Waals surface area (Å²) < 4.78 is 19.7. The van der Waals surface area contributed by atoms with E-state index in [1.54, 1.807) is 0 Å². The summed E-state index contributed by atoms with van der Waals surface area (Å²) in [5.74, 6) is -0.486. The number of aromatic nitrogens is 1. The van der Waals surface area contributed by atoms with E-state index in [-0.39, 0.29) is 6.61 Å². The maximum absolute atomic E-state index is 13.4. The minimum absolute atomic E-state index is 0.102. The Morgan fingerprint density at radius 1 is 1.18 bits per heavy atom. The van der Waals surface area contributed by atoms with Crippen molar-refractivity contribution in [1.29, 1.82) is 0 Å². The van der Waals surface area contributed by atoms with Crippen molar-refractivity contribution < 1.29 is 18.7 Å². The van der Waals surface area contributed by atoms with E-state index in [1.807, 2.05) is 30.3 Å². The SMILES string of the molecule is O=Cc1cn(C(=O)OCc2ccccc2)c2cc(F)ccc12. The highest BCUT2D eigenvalue weighted by Gasteiger charge is 2.15. The van der Waals surface area contributed by atoms with E-state index < -0.39 is 11.9 Å². The number of hydrogen-bond donors (Lipinski definition) is 0. The molecule has 1 heterocycles. The van der Waals surface area contributed by atoms with E-state index in [4.69, 9.17) is 4.74 Å². The molecule has 22 heavy (non-hydrogen) atoms. The third-order valence-electron chi connectivity index (χ3n) is 3.33. The van der Waals surface area contributed by atoms with Crippen molar-refractivity contribution in [2.24, 2.45) is 0 Å². The Kier molecular flexibility index (Phi) is 3.70. The third-order valence-corrected chi connectivity index (χ3v) is 3.33. The van der Waals surface area contributed by atoms with E-state index in [1.165, 1.54) is 24.4 Å². The van der Waals surface area contributed by atoms with Gasteiger partial charge in [0.25, 0.3) is 0 Å². The zero-order valence-corrected chi connectivity index (χ0v) is 11.5. The van der Waals surface area contributed by atoms with Gasteiger partial charge in [-0.1, -0.05) is 30.3 Å². The smallest absolute Gasteiger partial charge is 0.418 e. The minimum atomic E-state index is -0.660. The lowest BCUT2D eigenvalue weighted by Gasteiger charge is -2.06. The van der Waals surface area contributed by atoms with Gasteiger partial charge in [0.15, 0.2) is 6.29 Å². The number of aldehydes is 1. The molecule has 0 aliphatic carbocycles. The quantitative estimate of drug-likeness (QED) is 0.691. The summed E-state index contributed by atoms with van der Waals surface area (Å²) >= 11 is 0. The molecule has 0 spiro atoms. The van der Waals surface area contributed by atoms with Crippen LogP contribution in [0.15, 0.2) is 54.7 Å². The fourth-order valence-electron chi connectivity index (χ4n) is 2.26. The van der Waals surface area contributed by atoms with Crippen LogP contribution in [0.3, 0.4) is 0 Å². The number of ether oxygens (including phenoxy) is 1. The van der Waals surface area contributed by atoms with Gasteiger partial charge in [0, 0.05) is 17.1 Å². The standard InChI is InChI=1S/C17H12FNO3/c18-14-6-7-15-13(10-20)9-19(16(15)8-14)17(21)22-11-12-4-2-1-3-5-12/h1-10H,11H2. The molecule has 0 unspecified atom stereocenters. The lowest BCUT2D eigenvalue weighted by molar-refractivity contribution is 0.112. The van der Waals surface area contributed by atoms with E-state index in [0.29, 0.717) is 22.8 Å². The van der Waals surface area contributed by atoms with Crippen LogP contribution in [0.25, 0.3) is 10.9 Å². The second-order valence-electron chi connectivity index (χ2n) is 4.77. The average Bonchev–Trinajstić information content (AvgIpc) is 2.91. The zero-order valence-electron chi connectivity index (χ0n) is 11.5. The first kappa shape index (κ1) is 14.0. The molecule has 0 N–H and O–H groups in total. The topological polar surface area (TPSA) is 48.3 Å². The monoisotopic (exact) mass is 297 g/mol. The predicted octanol–water partition coefficient (Wildman–Crippen LogP) is 3.78. The lowest BCUT2D eigenvalue weighted by atomic mass is 10.2. The summed E-state index contributed by atoms with van der Waals surface area (Å²) in [6, 6.07) is 13.1. The molecular formula is C17H12FNO3. The van der Waals surface area contributed by atoms with Crippen LogP contribution in [0, 0.1) is 5.82 Å². The molecule has 0 atom stereocenters. The van der Waals surface area contributed by atoms with Gasteiger partial charge in [0.05, 0.1) is 5.52 Å². The van der Waals surface area contributed by atoms with E-state index >= 15 is 0 Å². The first-order valence-corrected chi connectivity index (χ1v) is 6.66. The van der Waals surface area contributed by atoms with E-state index in [2.05, 4.69) is 0 Å². The fraction of sp³-hybridized carbons (Fsp3) is 0.0588. The minimum Gasteiger partial charge on any atom is -0.444 e. The largest absolute Gasteiger partial charge is 0.444 e. The van der Waals surface area contributed by atoms with Crippen LogP contribution in [-0.2, 0) is 11.3 Å². The van der Waals surface area contributed by atoms with Crippen LogP contribution in [0.4, 0.5) is 9.18 Å². The van der Waals surface area contributed by atoms with E-state index in [9.17, 15) is 14.0 Å². The number of hydrogen-bond acceptors (Lipinski definition) is 3. The molecule has 0 aliphatic rings. The number of benzene rings is 2. The molecule has 110 valence electrons. The molecular weight excluding hydrogens is 285 g/mol. The number of nitrogens with zero attached hydrogens (tertiary/aromatic N) is 1. The molecule has 0 fully saturated rings. The Morgan fingerprint density at radius 2 is 1.95 bits per heavy atom. The van der Waals surface area contributed by atoms with Crippen molar-refractivity contribution in [1.82, 2.24) is 4.57 Å². The van der Waals surface area contributed by atoms with Gasteiger partial charge in [-0.05, 0) is 23.8 Å². The average molecular weight is 297 g/mol. The Morgan fingerprint density at radius 3 is 2.68 bits per heavy atom. The highest BCUT2D eigenvalue weighted by atomic mass is 19.1. The first-order chi connectivity index (χ1) is 10.7. The van der Waals surface area contributed by atoms with Gasteiger partial charge in [-0.3, -0.25) is 9.36 Å². The Labute approximate surface area is 125 Å². The Balaban J connectivity index is 1.90. The summed E-state index contributed by atoms with van der Waals surface area (Å²) in [4.78, 5) is 23.2. The molecule has 1 aromatic heterocycles. The van der Waals surface area contributed by atoms with Gasteiger partial charge in [0.1, 0.15) is 12.4 Å². The highest BCUT2D eigenvalue weighted by Crippen LogP contribution is 2.21. The summed E-state index contributed by atoms with van der Waals surface area (Å²) in [7, 11) is 0. The van der Waals surface area contributed by atoms with Crippen molar-refractivity contribution in [3.63, 3.8) is 0 Å². The Hall–Kier alpha value is -2.95. The fourth-order valence-corrected chi connectivity index (χ4v) is 2.26. The highest BCUT2D eigenvalue weighted by molar-refractivity contribution is 6.01. The Bertz CT molecular complexity index is 840. The van der Waals surface area contributed by atoms with Crippen LogP contribution < -0.4 is 0 Å². The first-order valence-electron chi connectivity index (χ1n) is 6.66. The molecule has 0 aliphatic heterocycles. The van der Waals surface area contributed by atoms with E-state index in [0.717, 1.165) is 10.1 Å². The summed E-state index contributed by atoms with van der Waals surface area (Å²) in [6.07, 6.45) is 1.32. The number of halogens is 1. The predicted molar refractivity (Wildman–Crippen MR) is 79.3 cm³/mol. The van der Waals surface area contributed by atoms with Gasteiger partial charge in [-0.25, -0.2) is 9.18 Å². The van der Waals surface area contributed by atoms with Crippen LogP contribution in [0.1, 0.15) is 15.9 Å². The van der Waals surface area contributed by atoms with Crippen LogP contribution in [0.2, 0.25) is 0 Å². The van der Waals surface area contributed by atoms with Crippen LogP contribution >= 0.6 is 0 Å². The molecule has 3 aromatic rings. The van der Waals surface area contributed by atoms with Gasteiger partial charge in [0.2, 0.25) is 0 Å². The molecule has 0 saturated carbocycles. The number of rotatable bonds is 3. The zero-order chi connectivity index (χ0) is 15.5. The summed E-state index contributed by atoms with van der Waals surface area (Å²) in [5, 5.41) is 0.507. The van der Waals surface area contributed by atoms with Gasteiger partial charge >= 0.3 is 6.09 Å². The summed E-state index contributed by atoms with van der Waals surface area (Å²) in [6.45, 7) is 0.102. The normalized spacial score (nSPS) is 10.6. The third kappa shape index (κ3) is 2.61. The van der Waals surface area contributed by atoms with Crippen LogP contribution in [-0.4, -0.2) is 16.9 Å². The van der Waals surface area contributed by atoms with Crippen molar-refractivity contribution in [2.75, 3.05) is 0 Å². The molecule has 0 amide bonds. The van der Waals surface area contributed by atoms with Crippen molar-refractivity contribution in [3.05, 3.63) is 71.7 Å². The van der Waals surface area contributed by atoms with Crippen LogP contribution in [0.5, 0.6) is 0 Å². The molecule has 4 nitrogen and oxygen atoms in total. The molecule has 3 rings (SSSR count). The lowest BCUT2D eigenvalue weighted by Crippen LogP contribution is -2.12. The molecule has 2 aromatic carbocycles. The van der Waals surface area contributed by atoms with Crippen molar-refractivity contribution in [3.8, 4) is 0 Å². The molecule has 0 saturated heterocycles. The number of carbonyl (C=O) groups is 2. The number of fused-ring (bicyclic) bond motifs is 1. The molecule has 0 bridgehead atoms. The number of carbonyl (C=O) groups excluding carboxylic acids is 2. The van der Waals surface area contributed by atoms with Crippen molar-refractivity contribution in [2.45, 2.75) is 6.61 Å². The maximum Gasteiger partial charge on any atom is 0.418 e. The molecule has 0 radical (unpaired) electrons. The molecule has 5 heteroatoms. The summed E-state index contributed by atoms with van der Waals surface area (Å²) in [5.41, 5.74) is 1.46. The maximum atomic E-state index is 13.4. The van der Waals surface area contributed by atoms with Crippen molar-refractivity contribution >= 4 is 23.3 Å².